The number of benzene rings is 1. The highest BCUT2D eigenvalue weighted by molar-refractivity contribution is 6.30. The third-order valence-corrected chi connectivity index (χ3v) is 4.15. The van der Waals surface area contributed by atoms with Crippen molar-refractivity contribution in [1.82, 2.24) is 9.80 Å². The zero-order valence-electron chi connectivity index (χ0n) is 13.9. The van der Waals surface area contributed by atoms with Crippen molar-refractivity contribution in [3.05, 3.63) is 29.3 Å². The van der Waals surface area contributed by atoms with Gasteiger partial charge in [-0.25, -0.2) is 0 Å². The van der Waals surface area contributed by atoms with Crippen LogP contribution in [0.3, 0.4) is 0 Å². The van der Waals surface area contributed by atoms with Crippen molar-refractivity contribution in [2.24, 2.45) is 0 Å². The van der Waals surface area contributed by atoms with Gasteiger partial charge in [0.25, 0.3) is 5.91 Å². The Kier molecular flexibility index (Phi) is 7.34. The smallest absolute Gasteiger partial charge is 0.260 e. The number of nitrogens with zero attached hydrogens (tertiary/aromatic N) is 2. The van der Waals surface area contributed by atoms with E-state index in [1.165, 1.54) is 0 Å². The molecule has 0 bridgehead atoms. The Balaban J connectivity index is 1.78. The summed E-state index contributed by atoms with van der Waals surface area (Å²) < 4.78 is 10.4. The van der Waals surface area contributed by atoms with E-state index in [1.807, 2.05) is 0 Å². The summed E-state index contributed by atoms with van der Waals surface area (Å²) in [6.45, 7) is 2.80. The van der Waals surface area contributed by atoms with Gasteiger partial charge in [0.2, 0.25) is 5.91 Å². The molecule has 0 spiro atoms. The van der Waals surface area contributed by atoms with Gasteiger partial charge < -0.3 is 19.3 Å². The van der Waals surface area contributed by atoms with Gasteiger partial charge in [-0.05, 0) is 30.7 Å². The Labute approximate surface area is 147 Å². The molecule has 1 saturated heterocycles. The lowest BCUT2D eigenvalue weighted by atomic mass is 10.3. The maximum absolute atomic E-state index is 12.3. The summed E-state index contributed by atoms with van der Waals surface area (Å²) in [5, 5.41) is 0.624. The van der Waals surface area contributed by atoms with Crippen LogP contribution in [0.5, 0.6) is 5.75 Å². The molecule has 1 heterocycles. The number of rotatable bonds is 6. The van der Waals surface area contributed by atoms with Gasteiger partial charge in [0.15, 0.2) is 6.61 Å². The van der Waals surface area contributed by atoms with E-state index < -0.39 is 0 Å². The molecule has 0 saturated carbocycles. The summed E-state index contributed by atoms with van der Waals surface area (Å²) in [5.74, 6) is 0.610. The number of carbonyl (C=O) groups excluding carboxylic acids is 2. The van der Waals surface area contributed by atoms with Crippen LogP contribution in [0, 0.1) is 0 Å². The van der Waals surface area contributed by atoms with Gasteiger partial charge in [0, 0.05) is 38.3 Å². The van der Waals surface area contributed by atoms with Crippen LogP contribution in [0.1, 0.15) is 12.8 Å². The van der Waals surface area contributed by atoms with Crippen molar-refractivity contribution in [3.63, 3.8) is 0 Å². The van der Waals surface area contributed by atoms with Crippen molar-refractivity contribution >= 4 is 23.4 Å². The quantitative estimate of drug-likeness (QED) is 0.781. The maximum atomic E-state index is 12.3. The number of methoxy groups -OCH3 is 1. The molecule has 0 N–H and O–H groups in total. The Morgan fingerprint density at radius 3 is 2.29 bits per heavy atom. The lowest BCUT2D eigenvalue weighted by molar-refractivity contribution is -0.135. The van der Waals surface area contributed by atoms with Crippen LogP contribution in [0.15, 0.2) is 24.3 Å². The SMILES string of the molecule is COCCC(=O)N1CCCN(C(=O)COc2ccc(Cl)cc2)CC1. The highest BCUT2D eigenvalue weighted by Gasteiger charge is 2.22. The zero-order chi connectivity index (χ0) is 17.4. The number of amides is 2. The van der Waals surface area contributed by atoms with Crippen LogP contribution in [0.4, 0.5) is 0 Å². The summed E-state index contributed by atoms with van der Waals surface area (Å²) in [5.41, 5.74) is 0. The third kappa shape index (κ3) is 5.69. The fraction of sp³-hybridized carbons (Fsp3) is 0.529. The Morgan fingerprint density at radius 1 is 1.04 bits per heavy atom. The second-order valence-electron chi connectivity index (χ2n) is 5.60. The van der Waals surface area contributed by atoms with Gasteiger partial charge in [-0.1, -0.05) is 11.6 Å². The first-order chi connectivity index (χ1) is 11.6. The van der Waals surface area contributed by atoms with E-state index in [0.717, 1.165) is 6.42 Å². The molecular formula is C17H23ClN2O4. The van der Waals surface area contributed by atoms with Gasteiger partial charge in [-0.3, -0.25) is 9.59 Å². The molecule has 0 radical (unpaired) electrons. The van der Waals surface area contributed by atoms with Gasteiger partial charge in [-0.15, -0.1) is 0 Å². The normalized spacial score (nSPS) is 15.1. The molecule has 2 amide bonds. The van der Waals surface area contributed by atoms with Crippen LogP contribution >= 0.6 is 11.6 Å². The van der Waals surface area contributed by atoms with Crippen LogP contribution in [0.2, 0.25) is 5.02 Å². The molecule has 1 aromatic carbocycles. The largest absolute Gasteiger partial charge is 0.484 e. The molecule has 7 heteroatoms. The second kappa shape index (κ2) is 9.49. The number of carbonyl (C=O) groups is 2. The van der Waals surface area contributed by atoms with Gasteiger partial charge in [0.1, 0.15) is 5.75 Å². The molecular weight excluding hydrogens is 332 g/mol. The van der Waals surface area contributed by atoms with Gasteiger partial charge >= 0.3 is 0 Å². The molecule has 24 heavy (non-hydrogen) atoms. The molecule has 0 aliphatic carbocycles. The lowest BCUT2D eigenvalue weighted by Crippen LogP contribution is -2.39. The lowest BCUT2D eigenvalue weighted by Gasteiger charge is -2.22. The number of hydrogen-bond donors (Lipinski definition) is 0. The molecule has 1 aromatic rings. The van der Waals surface area contributed by atoms with Crippen LogP contribution < -0.4 is 4.74 Å². The van der Waals surface area contributed by atoms with Crippen LogP contribution in [0.25, 0.3) is 0 Å². The van der Waals surface area contributed by atoms with Crippen molar-refractivity contribution < 1.29 is 19.1 Å². The standard InChI is InChI=1S/C17H23ClN2O4/c1-23-12-7-16(21)19-8-2-9-20(11-10-19)17(22)13-24-15-5-3-14(18)4-6-15/h3-6H,2,7-13H2,1H3. The molecule has 0 unspecified atom stereocenters. The fourth-order valence-corrected chi connectivity index (χ4v) is 2.66. The predicted molar refractivity (Wildman–Crippen MR) is 91.2 cm³/mol. The van der Waals surface area contributed by atoms with Crippen molar-refractivity contribution in [1.29, 1.82) is 0 Å². The molecule has 132 valence electrons. The van der Waals surface area contributed by atoms with Crippen molar-refractivity contribution in [2.45, 2.75) is 12.8 Å². The number of halogens is 1. The minimum atomic E-state index is -0.0730. The molecule has 2 rings (SSSR count). The highest BCUT2D eigenvalue weighted by atomic mass is 35.5. The first-order valence-electron chi connectivity index (χ1n) is 8.03. The van der Waals surface area contributed by atoms with Crippen molar-refractivity contribution in [2.75, 3.05) is 46.5 Å². The van der Waals surface area contributed by atoms with E-state index in [1.54, 1.807) is 41.2 Å². The number of hydrogen-bond acceptors (Lipinski definition) is 4. The van der Waals surface area contributed by atoms with E-state index in [9.17, 15) is 9.59 Å². The first-order valence-corrected chi connectivity index (χ1v) is 8.41. The van der Waals surface area contributed by atoms with E-state index in [-0.39, 0.29) is 18.4 Å². The fourth-order valence-electron chi connectivity index (χ4n) is 2.53. The van der Waals surface area contributed by atoms with E-state index in [2.05, 4.69) is 0 Å². The van der Waals surface area contributed by atoms with Gasteiger partial charge in [-0.2, -0.15) is 0 Å². The predicted octanol–water partition coefficient (Wildman–Crippen LogP) is 1.82. The summed E-state index contributed by atoms with van der Waals surface area (Å²) >= 11 is 5.81. The zero-order valence-corrected chi connectivity index (χ0v) is 14.6. The molecule has 0 atom stereocenters. The molecule has 1 aliphatic rings. The monoisotopic (exact) mass is 354 g/mol. The molecule has 6 nitrogen and oxygen atoms in total. The summed E-state index contributed by atoms with van der Waals surface area (Å²) in [6.07, 6.45) is 1.15. The van der Waals surface area contributed by atoms with Crippen LogP contribution in [-0.2, 0) is 14.3 Å². The Morgan fingerprint density at radius 2 is 1.67 bits per heavy atom. The highest BCUT2D eigenvalue weighted by Crippen LogP contribution is 2.15. The van der Waals surface area contributed by atoms with Gasteiger partial charge in [0.05, 0.1) is 13.0 Å². The minimum Gasteiger partial charge on any atom is -0.484 e. The Bertz CT molecular complexity index is 550. The third-order valence-electron chi connectivity index (χ3n) is 3.90. The molecule has 1 fully saturated rings. The van der Waals surface area contributed by atoms with E-state index >= 15 is 0 Å². The summed E-state index contributed by atoms with van der Waals surface area (Å²) in [7, 11) is 1.58. The van der Waals surface area contributed by atoms with Crippen LogP contribution in [-0.4, -0.2) is 68.1 Å². The average molecular weight is 355 g/mol. The summed E-state index contributed by atoms with van der Waals surface area (Å²) in [4.78, 5) is 27.9. The number of ether oxygens (including phenoxy) is 2. The second-order valence-corrected chi connectivity index (χ2v) is 6.04. The van der Waals surface area contributed by atoms with Crippen molar-refractivity contribution in [3.8, 4) is 5.75 Å². The summed E-state index contributed by atoms with van der Waals surface area (Å²) in [6, 6.07) is 6.90. The maximum Gasteiger partial charge on any atom is 0.260 e. The average Bonchev–Trinajstić information content (AvgIpc) is 2.85. The van der Waals surface area contributed by atoms with E-state index in [4.69, 9.17) is 21.1 Å². The minimum absolute atomic E-state index is 0.0146. The Hall–Kier alpha value is -1.79. The molecule has 1 aliphatic heterocycles. The first kappa shape index (κ1) is 18.5. The molecule has 0 aromatic heterocycles. The topological polar surface area (TPSA) is 59.1 Å². The van der Waals surface area contributed by atoms with E-state index in [0.29, 0.717) is 50.0 Å².